The minimum absolute atomic E-state index is 0.0544. The first-order valence-corrected chi connectivity index (χ1v) is 8.36. The van der Waals surface area contributed by atoms with E-state index in [1.165, 1.54) is 12.1 Å². The lowest BCUT2D eigenvalue weighted by Gasteiger charge is -2.10. The van der Waals surface area contributed by atoms with Gasteiger partial charge in [0.15, 0.2) is 11.0 Å². The molecule has 0 saturated heterocycles. The first-order valence-electron chi connectivity index (χ1n) is 4.95. The summed E-state index contributed by atoms with van der Waals surface area (Å²) in [5.74, 6) is -0.120. The third kappa shape index (κ3) is 3.35. The number of anilines is 1. The van der Waals surface area contributed by atoms with Gasteiger partial charge in [0, 0.05) is 4.47 Å². The van der Waals surface area contributed by atoms with E-state index in [9.17, 15) is 8.42 Å². The summed E-state index contributed by atoms with van der Waals surface area (Å²) in [5, 5.41) is -0.0876. The second kappa shape index (κ2) is 6.03. The van der Waals surface area contributed by atoms with Crippen molar-refractivity contribution < 1.29 is 8.42 Å². The van der Waals surface area contributed by atoms with Crippen LogP contribution in [-0.4, -0.2) is 18.4 Å². The number of hydrogen-bond acceptors (Lipinski definition) is 4. The Kier molecular flexibility index (Phi) is 4.76. The van der Waals surface area contributed by atoms with E-state index in [0.717, 1.165) is 6.33 Å². The molecule has 0 radical (unpaired) electrons. The van der Waals surface area contributed by atoms with Gasteiger partial charge in [-0.1, -0.05) is 50.7 Å². The van der Waals surface area contributed by atoms with E-state index in [1.807, 2.05) is 0 Å². The third-order valence-electron chi connectivity index (χ3n) is 2.16. The fourth-order valence-corrected chi connectivity index (χ4v) is 3.69. The molecule has 0 atom stereocenters. The summed E-state index contributed by atoms with van der Waals surface area (Å²) in [6.45, 7) is 0. The van der Waals surface area contributed by atoms with E-state index in [2.05, 4.69) is 30.6 Å². The summed E-state index contributed by atoms with van der Waals surface area (Å²) in [6.07, 6.45) is 1.09. The number of benzene rings is 1. The van der Waals surface area contributed by atoms with Gasteiger partial charge in [-0.05, 0) is 18.2 Å². The van der Waals surface area contributed by atoms with Crippen LogP contribution in [-0.2, 0) is 10.0 Å². The lowest BCUT2D eigenvalue weighted by atomic mass is 10.4. The molecule has 0 fully saturated rings. The van der Waals surface area contributed by atoms with Crippen LogP contribution in [0.25, 0.3) is 0 Å². The molecule has 10 heteroatoms. The number of halogens is 4. The van der Waals surface area contributed by atoms with Gasteiger partial charge in [-0.3, -0.25) is 4.72 Å². The molecule has 0 saturated carbocycles. The third-order valence-corrected chi connectivity index (χ3v) is 5.22. The van der Waals surface area contributed by atoms with Crippen LogP contribution in [0.5, 0.6) is 0 Å². The Morgan fingerprint density at radius 1 is 1.15 bits per heavy atom. The highest BCUT2D eigenvalue weighted by Crippen LogP contribution is 2.30. The molecule has 0 spiro atoms. The summed E-state index contributed by atoms with van der Waals surface area (Å²) in [5.41, 5.74) is 0. The lowest BCUT2D eigenvalue weighted by Crippen LogP contribution is -2.15. The Morgan fingerprint density at radius 3 is 2.50 bits per heavy atom. The summed E-state index contributed by atoms with van der Waals surface area (Å²) in [4.78, 5) is 7.25. The van der Waals surface area contributed by atoms with E-state index >= 15 is 0 Å². The number of sulfonamides is 1. The molecule has 1 aromatic carbocycles. The van der Waals surface area contributed by atoms with Crippen molar-refractivity contribution in [1.29, 1.82) is 0 Å². The highest BCUT2D eigenvalue weighted by Gasteiger charge is 2.21. The van der Waals surface area contributed by atoms with Crippen LogP contribution in [0, 0.1) is 0 Å². The first-order chi connectivity index (χ1) is 9.31. The first kappa shape index (κ1) is 15.8. The molecule has 20 heavy (non-hydrogen) atoms. The highest BCUT2D eigenvalue weighted by atomic mass is 79.9. The summed E-state index contributed by atoms with van der Waals surface area (Å²) in [7, 11) is -3.94. The van der Waals surface area contributed by atoms with E-state index in [0.29, 0.717) is 4.47 Å². The van der Waals surface area contributed by atoms with E-state index in [4.69, 9.17) is 34.8 Å². The Bertz CT molecular complexity index is 770. The molecule has 0 bridgehead atoms. The van der Waals surface area contributed by atoms with Gasteiger partial charge in [0.2, 0.25) is 0 Å². The molecular formula is C10H5BrCl3N3O2S. The van der Waals surface area contributed by atoms with Gasteiger partial charge in [-0.15, -0.1) is 0 Å². The lowest BCUT2D eigenvalue weighted by molar-refractivity contribution is 0.601. The van der Waals surface area contributed by atoms with Gasteiger partial charge >= 0.3 is 0 Å². The van der Waals surface area contributed by atoms with Crippen molar-refractivity contribution in [2.24, 2.45) is 0 Å². The fourth-order valence-electron chi connectivity index (χ4n) is 1.29. The maximum absolute atomic E-state index is 12.2. The van der Waals surface area contributed by atoms with Crippen molar-refractivity contribution in [1.82, 2.24) is 9.97 Å². The fraction of sp³-hybridized carbons (Fsp3) is 0. The second-order valence-electron chi connectivity index (χ2n) is 3.51. The van der Waals surface area contributed by atoms with Gasteiger partial charge in [0.1, 0.15) is 16.2 Å². The average Bonchev–Trinajstić information content (AvgIpc) is 2.34. The van der Waals surface area contributed by atoms with E-state index in [-0.39, 0.29) is 25.9 Å². The molecule has 0 unspecified atom stereocenters. The van der Waals surface area contributed by atoms with Crippen molar-refractivity contribution in [3.63, 3.8) is 0 Å². The molecule has 106 valence electrons. The monoisotopic (exact) mass is 415 g/mol. The van der Waals surface area contributed by atoms with Gasteiger partial charge in [0.25, 0.3) is 10.0 Å². The van der Waals surface area contributed by atoms with Crippen molar-refractivity contribution in [2.75, 3.05) is 4.72 Å². The zero-order chi connectivity index (χ0) is 14.9. The zero-order valence-electron chi connectivity index (χ0n) is 9.44. The van der Waals surface area contributed by atoms with Crippen LogP contribution >= 0.6 is 50.7 Å². The van der Waals surface area contributed by atoms with E-state index < -0.39 is 10.0 Å². The topological polar surface area (TPSA) is 72.0 Å². The number of nitrogens with zero attached hydrogens (tertiary/aromatic N) is 2. The van der Waals surface area contributed by atoms with Crippen molar-refractivity contribution in [2.45, 2.75) is 4.90 Å². The van der Waals surface area contributed by atoms with Crippen molar-refractivity contribution in [3.05, 3.63) is 44.2 Å². The molecule has 2 aromatic rings. The largest absolute Gasteiger partial charge is 0.264 e. The van der Waals surface area contributed by atoms with Crippen molar-refractivity contribution >= 4 is 66.6 Å². The van der Waals surface area contributed by atoms with Crippen LogP contribution in [0.2, 0.25) is 15.2 Å². The summed E-state index contributed by atoms with van der Waals surface area (Å²) in [6, 6.07) is 4.37. The number of hydrogen-bond donors (Lipinski definition) is 1. The molecule has 1 heterocycles. The van der Waals surface area contributed by atoms with Crippen LogP contribution in [0.15, 0.2) is 33.9 Å². The quantitative estimate of drug-likeness (QED) is 0.767. The number of aromatic nitrogens is 2. The van der Waals surface area contributed by atoms with Crippen molar-refractivity contribution in [3.8, 4) is 0 Å². The Hall–Kier alpha value is -0.600. The minimum Gasteiger partial charge on any atom is -0.262 e. The maximum Gasteiger partial charge on any atom is 0.264 e. The van der Waals surface area contributed by atoms with Gasteiger partial charge < -0.3 is 0 Å². The second-order valence-corrected chi connectivity index (χ2v) is 7.22. The predicted molar refractivity (Wildman–Crippen MR) is 82.0 cm³/mol. The molecule has 2 rings (SSSR count). The normalized spacial score (nSPS) is 11.4. The van der Waals surface area contributed by atoms with Gasteiger partial charge in [-0.2, -0.15) is 0 Å². The molecule has 1 aromatic heterocycles. The molecule has 0 amide bonds. The van der Waals surface area contributed by atoms with E-state index in [1.54, 1.807) is 6.07 Å². The molecule has 0 aliphatic carbocycles. The predicted octanol–water partition coefficient (Wildman–Crippen LogP) is 4.00. The van der Waals surface area contributed by atoms with Gasteiger partial charge in [0.05, 0.1) is 5.02 Å². The average molecular weight is 417 g/mol. The highest BCUT2D eigenvalue weighted by molar-refractivity contribution is 9.10. The number of rotatable bonds is 3. The minimum atomic E-state index is -3.94. The maximum atomic E-state index is 12.2. The molecule has 5 nitrogen and oxygen atoms in total. The van der Waals surface area contributed by atoms with Crippen LogP contribution in [0.3, 0.4) is 0 Å². The molecular weight excluding hydrogens is 412 g/mol. The van der Waals surface area contributed by atoms with Crippen LogP contribution < -0.4 is 4.72 Å². The number of nitrogens with one attached hydrogen (secondary N) is 1. The summed E-state index contributed by atoms with van der Waals surface area (Å²) < 4.78 is 27.3. The Morgan fingerprint density at radius 2 is 1.85 bits per heavy atom. The molecule has 0 aliphatic heterocycles. The van der Waals surface area contributed by atoms with Crippen LogP contribution in [0.1, 0.15) is 0 Å². The van der Waals surface area contributed by atoms with Crippen LogP contribution in [0.4, 0.5) is 5.82 Å². The standard InChI is InChI=1S/C10H5BrCl3N3O2S/c11-5-1-2-7(6(12)3-5)20(18,19)17-10-8(13)9(14)15-4-16-10/h1-4H,(H,15,16,17). The smallest absolute Gasteiger partial charge is 0.262 e. The van der Waals surface area contributed by atoms with Gasteiger partial charge in [-0.25, -0.2) is 18.4 Å². The summed E-state index contributed by atoms with van der Waals surface area (Å²) >= 11 is 20.6. The Balaban J connectivity index is 2.44. The zero-order valence-corrected chi connectivity index (χ0v) is 14.1. The molecule has 1 N–H and O–H groups in total. The Labute approximate surface area is 138 Å². The molecule has 0 aliphatic rings. The SMILES string of the molecule is O=S(=O)(Nc1ncnc(Cl)c1Cl)c1ccc(Br)cc1Cl.